The minimum atomic E-state index is 0.0613. The molecule has 1 aliphatic rings. The fraction of sp³-hybridized carbons (Fsp3) is 0.429. The van der Waals surface area contributed by atoms with Crippen LogP contribution in [-0.4, -0.2) is 38.6 Å². The first-order chi connectivity index (χ1) is 16.1. The highest BCUT2D eigenvalue weighted by Gasteiger charge is 2.38. The van der Waals surface area contributed by atoms with Gasteiger partial charge in [-0.1, -0.05) is 48.5 Å². The molecule has 0 saturated heterocycles. The average molecular weight is 464 g/mol. The third-order valence-corrected chi connectivity index (χ3v) is 7.98. The molecule has 0 radical (unpaired) electrons. The van der Waals surface area contributed by atoms with Crippen LogP contribution in [0.2, 0.25) is 0 Å². The fourth-order valence-corrected chi connectivity index (χ4v) is 5.84. The third kappa shape index (κ3) is 5.60. The topological polar surface area (TPSA) is 36.5 Å². The second-order valence-electron chi connectivity index (χ2n) is 9.22. The molecule has 3 aromatic rings. The van der Waals surface area contributed by atoms with Gasteiger partial charge in [-0.25, -0.2) is 0 Å². The van der Waals surface area contributed by atoms with E-state index >= 15 is 0 Å². The van der Waals surface area contributed by atoms with Gasteiger partial charge in [-0.15, -0.1) is 11.3 Å². The summed E-state index contributed by atoms with van der Waals surface area (Å²) in [5.41, 5.74) is 2.65. The lowest BCUT2D eigenvalue weighted by molar-refractivity contribution is 0.0944. The fourth-order valence-electron chi connectivity index (χ4n) is 5.05. The van der Waals surface area contributed by atoms with E-state index in [4.69, 9.17) is 4.74 Å². The SMILES string of the molecule is CNCC[C@@H](Oc1ccccc1N[C@H]1CC[C@](c2ccccc2)(N(C)C)CC1)c1cccs1. The molecule has 1 saturated carbocycles. The van der Waals surface area contributed by atoms with E-state index in [9.17, 15) is 0 Å². The predicted octanol–water partition coefficient (Wildman–Crippen LogP) is 6.29. The Morgan fingerprint density at radius 3 is 2.39 bits per heavy atom. The normalized spacial score (nSPS) is 21.6. The molecule has 0 bridgehead atoms. The molecule has 0 spiro atoms. The van der Waals surface area contributed by atoms with Gasteiger partial charge in [0, 0.05) is 22.9 Å². The van der Waals surface area contributed by atoms with Gasteiger partial charge in [0.2, 0.25) is 0 Å². The van der Waals surface area contributed by atoms with Gasteiger partial charge in [0.05, 0.1) is 5.69 Å². The van der Waals surface area contributed by atoms with Crippen LogP contribution in [0.5, 0.6) is 5.75 Å². The molecule has 0 unspecified atom stereocenters. The number of ether oxygens (including phenoxy) is 1. The number of thiophene rings is 1. The Kier molecular flexibility index (Phi) is 8.07. The number of para-hydroxylation sites is 2. The molecular formula is C28H37N3OS. The average Bonchev–Trinajstić information content (AvgIpc) is 3.39. The highest BCUT2D eigenvalue weighted by molar-refractivity contribution is 7.10. The molecule has 4 rings (SSSR count). The first-order valence-corrected chi connectivity index (χ1v) is 12.9. The highest BCUT2D eigenvalue weighted by atomic mass is 32.1. The molecular weight excluding hydrogens is 426 g/mol. The van der Waals surface area contributed by atoms with Crippen LogP contribution in [0.4, 0.5) is 5.69 Å². The molecule has 1 fully saturated rings. The zero-order valence-corrected chi connectivity index (χ0v) is 20.9. The Bertz CT molecular complexity index is 966. The molecule has 33 heavy (non-hydrogen) atoms. The van der Waals surface area contributed by atoms with Crippen LogP contribution in [0.15, 0.2) is 72.1 Å². The second-order valence-corrected chi connectivity index (χ2v) is 10.2. The predicted molar refractivity (Wildman–Crippen MR) is 140 cm³/mol. The summed E-state index contributed by atoms with van der Waals surface area (Å²) >= 11 is 1.76. The van der Waals surface area contributed by atoms with Gasteiger partial charge in [0.1, 0.15) is 11.9 Å². The lowest BCUT2D eigenvalue weighted by atomic mass is 9.74. The molecule has 0 amide bonds. The second kappa shape index (κ2) is 11.2. The van der Waals surface area contributed by atoms with Crippen LogP contribution >= 0.6 is 11.3 Å². The van der Waals surface area contributed by atoms with E-state index in [1.54, 1.807) is 11.3 Å². The molecule has 1 aromatic heterocycles. The van der Waals surface area contributed by atoms with Gasteiger partial charge < -0.3 is 15.4 Å². The van der Waals surface area contributed by atoms with Gasteiger partial charge in [-0.3, -0.25) is 4.90 Å². The van der Waals surface area contributed by atoms with Gasteiger partial charge in [0.15, 0.2) is 0 Å². The number of hydrogen-bond acceptors (Lipinski definition) is 5. The molecule has 2 N–H and O–H groups in total. The van der Waals surface area contributed by atoms with Crippen molar-refractivity contribution in [2.75, 3.05) is 33.0 Å². The van der Waals surface area contributed by atoms with Crippen molar-refractivity contribution in [1.29, 1.82) is 0 Å². The first kappa shape index (κ1) is 23.8. The Morgan fingerprint density at radius 1 is 1.00 bits per heavy atom. The highest BCUT2D eigenvalue weighted by Crippen LogP contribution is 2.42. The maximum Gasteiger partial charge on any atom is 0.143 e. The summed E-state index contributed by atoms with van der Waals surface area (Å²) in [6.07, 6.45) is 5.56. The van der Waals surface area contributed by atoms with Crippen LogP contribution < -0.4 is 15.4 Å². The van der Waals surface area contributed by atoms with Crippen LogP contribution in [0, 0.1) is 0 Å². The number of anilines is 1. The van der Waals surface area contributed by atoms with Crippen LogP contribution in [0.1, 0.15) is 48.6 Å². The zero-order chi connectivity index (χ0) is 23.1. The Hall–Kier alpha value is -2.34. The molecule has 1 aliphatic carbocycles. The van der Waals surface area contributed by atoms with Crippen LogP contribution in [0.3, 0.4) is 0 Å². The van der Waals surface area contributed by atoms with Crippen molar-refractivity contribution in [3.63, 3.8) is 0 Å². The van der Waals surface area contributed by atoms with E-state index in [1.807, 2.05) is 7.05 Å². The summed E-state index contributed by atoms with van der Waals surface area (Å²) in [6, 6.07) is 24.1. The van der Waals surface area contributed by atoms with Gasteiger partial charge in [-0.2, -0.15) is 0 Å². The summed E-state index contributed by atoms with van der Waals surface area (Å²) in [4.78, 5) is 3.69. The number of nitrogens with zero attached hydrogens (tertiary/aromatic N) is 1. The Balaban J connectivity index is 1.45. The number of hydrogen-bond donors (Lipinski definition) is 2. The quantitative estimate of drug-likeness (QED) is 0.370. The van der Waals surface area contributed by atoms with Gasteiger partial charge in [0.25, 0.3) is 0 Å². The molecule has 0 aliphatic heterocycles. The molecule has 5 heteroatoms. The molecule has 1 heterocycles. The van der Waals surface area contributed by atoms with E-state index in [-0.39, 0.29) is 11.6 Å². The molecule has 2 aromatic carbocycles. The maximum atomic E-state index is 6.58. The van der Waals surface area contributed by atoms with Crippen molar-refractivity contribution in [1.82, 2.24) is 10.2 Å². The minimum absolute atomic E-state index is 0.0613. The standard InChI is InChI=1S/C28H37N3OS/c1-29-20-17-26(27-14-9-21-33-27)32-25-13-8-7-12-24(25)30-23-15-18-28(19-16-23,31(2)3)22-10-5-4-6-11-22/h4-14,21,23,26,29-30H,15-20H2,1-3H3/t23-,26-,28-/m1/s1. The van der Waals surface area contributed by atoms with E-state index in [2.05, 4.69) is 102 Å². The van der Waals surface area contributed by atoms with Crippen LogP contribution in [0.25, 0.3) is 0 Å². The first-order valence-electron chi connectivity index (χ1n) is 12.1. The smallest absolute Gasteiger partial charge is 0.143 e. The third-order valence-electron chi connectivity index (χ3n) is 7.01. The van der Waals surface area contributed by atoms with Crippen LogP contribution in [-0.2, 0) is 5.54 Å². The van der Waals surface area contributed by atoms with E-state index in [1.165, 1.54) is 10.4 Å². The maximum absolute atomic E-state index is 6.58. The molecule has 176 valence electrons. The van der Waals surface area contributed by atoms with Crippen molar-refractivity contribution >= 4 is 17.0 Å². The number of rotatable bonds is 10. The minimum Gasteiger partial charge on any atom is -0.483 e. The van der Waals surface area contributed by atoms with Gasteiger partial charge >= 0.3 is 0 Å². The molecule has 1 atom stereocenters. The van der Waals surface area contributed by atoms with E-state index in [0.717, 1.165) is 50.1 Å². The lowest BCUT2D eigenvalue weighted by Gasteiger charge is -2.46. The van der Waals surface area contributed by atoms with Crippen molar-refractivity contribution in [2.45, 2.75) is 49.8 Å². The van der Waals surface area contributed by atoms with Crippen molar-refractivity contribution in [3.05, 3.63) is 82.6 Å². The summed E-state index contributed by atoms with van der Waals surface area (Å²) in [6.45, 7) is 0.924. The Labute approximate surface area is 203 Å². The van der Waals surface area contributed by atoms with Gasteiger partial charge in [-0.05, 0) is 82.5 Å². The number of benzene rings is 2. The van der Waals surface area contributed by atoms with E-state index < -0.39 is 0 Å². The molecule has 4 nitrogen and oxygen atoms in total. The Morgan fingerprint density at radius 2 is 1.73 bits per heavy atom. The summed E-state index contributed by atoms with van der Waals surface area (Å²) < 4.78 is 6.58. The largest absolute Gasteiger partial charge is 0.483 e. The summed E-state index contributed by atoms with van der Waals surface area (Å²) in [5.74, 6) is 0.944. The van der Waals surface area contributed by atoms with Crippen molar-refractivity contribution in [3.8, 4) is 5.75 Å². The van der Waals surface area contributed by atoms with E-state index in [0.29, 0.717) is 6.04 Å². The summed E-state index contributed by atoms with van der Waals surface area (Å²) in [7, 11) is 6.44. The van der Waals surface area contributed by atoms with Crippen molar-refractivity contribution < 1.29 is 4.74 Å². The number of nitrogens with one attached hydrogen (secondary N) is 2. The monoisotopic (exact) mass is 463 g/mol. The van der Waals surface area contributed by atoms with Crippen molar-refractivity contribution in [2.24, 2.45) is 0 Å². The summed E-state index contributed by atoms with van der Waals surface area (Å²) in [5, 5.41) is 9.22. The lowest BCUT2D eigenvalue weighted by Crippen LogP contribution is -2.46. The zero-order valence-electron chi connectivity index (χ0n) is 20.1.